The van der Waals surface area contributed by atoms with E-state index in [0.29, 0.717) is 6.54 Å². The molecular formula is C17H22N4O2. The quantitative estimate of drug-likeness (QED) is 0.878. The number of nitrogens with zero attached hydrogens (tertiary/aromatic N) is 3. The molecule has 1 N–H and O–H groups in total. The fourth-order valence-corrected chi connectivity index (χ4v) is 2.75. The maximum absolute atomic E-state index is 12.2. The van der Waals surface area contributed by atoms with Crippen LogP contribution in [0, 0.1) is 0 Å². The first-order chi connectivity index (χ1) is 11.2. The molecule has 0 aliphatic carbocycles. The van der Waals surface area contributed by atoms with E-state index < -0.39 is 0 Å². The van der Waals surface area contributed by atoms with Crippen molar-refractivity contribution < 1.29 is 9.53 Å². The highest BCUT2D eigenvalue weighted by molar-refractivity contribution is 5.75. The van der Waals surface area contributed by atoms with E-state index in [1.54, 1.807) is 4.68 Å². The Morgan fingerprint density at radius 2 is 2.17 bits per heavy atom. The summed E-state index contributed by atoms with van der Waals surface area (Å²) in [7, 11) is 0. The second kappa shape index (κ2) is 6.81. The van der Waals surface area contributed by atoms with Gasteiger partial charge in [-0.2, -0.15) is 5.10 Å². The van der Waals surface area contributed by atoms with E-state index in [1.165, 1.54) is 5.56 Å². The van der Waals surface area contributed by atoms with E-state index in [0.717, 1.165) is 36.7 Å². The van der Waals surface area contributed by atoms with Gasteiger partial charge in [0.15, 0.2) is 5.82 Å². The molecule has 122 valence electrons. The Morgan fingerprint density at radius 3 is 2.91 bits per heavy atom. The Balaban J connectivity index is 1.52. The SMILES string of the molecule is CCc1nc(CC)n(CC(=O)NC[C@H]2Cc3ccccc3O2)n1. The maximum atomic E-state index is 12.2. The lowest BCUT2D eigenvalue weighted by molar-refractivity contribution is -0.122. The third-order valence-corrected chi connectivity index (χ3v) is 3.96. The Morgan fingerprint density at radius 1 is 1.35 bits per heavy atom. The summed E-state index contributed by atoms with van der Waals surface area (Å²) in [6, 6.07) is 7.99. The molecule has 1 aromatic heterocycles. The first-order valence-electron chi connectivity index (χ1n) is 8.13. The molecule has 1 aromatic carbocycles. The van der Waals surface area contributed by atoms with Gasteiger partial charge in [0.2, 0.25) is 5.91 Å². The third kappa shape index (κ3) is 3.52. The maximum Gasteiger partial charge on any atom is 0.241 e. The van der Waals surface area contributed by atoms with Gasteiger partial charge in [0, 0.05) is 19.3 Å². The summed E-state index contributed by atoms with van der Waals surface area (Å²) in [6.07, 6.45) is 2.38. The number of nitrogens with one attached hydrogen (secondary N) is 1. The minimum absolute atomic E-state index is 0.00365. The molecule has 3 rings (SSSR count). The van der Waals surface area contributed by atoms with Crippen LogP contribution in [0.15, 0.2) is 24.3 Å². The molecule has 2 aromatic rings. The summed E-state index contributed by atoms with van der Waals surface area (Å²) in [4.78, 5) is 16.6. The summed E-state index contributed by atoms with van der Waals surface area (Å²) in [5.74, 6) is 2.49. The van der Waals surface area contributed by atoms with Gasteiger partial charge in [-0.05, 0) is 11.6 Å². The summed E-state index contributed by atoms with van der Waals surface area (Å²) < 4.78 is 7.52. The van der Waals surface area contributed by atoms with Crippen molar-refractivity contribution in [3.8, 4) is 5.75 Å². The minimum atomic E-state index is -0.0631. The smallest absolute Gasteiger partial charge is 0.241 e. The van der Waals surface area contributed by atoms with Crippen molar-refractivity contribution in [3.05, 3.63) is 41.5 Å². The van der Waals surface area contributed by atoms with Gasteiger partial charge in [-0.15, -0.1) is 0 Å². The van der Waals surface area contributed by atoms with Crippen molar-refractivity contribution in [3.63, 3.8) is 0 Å². The molecule has 0 spiro atoms. The lowest BCUT2D eigenvalue weighted by Crippen LogP contribution is -2.36. The van der Waals surface area contributed by atoms with Crippen LogP contribution in [-0.4, -0.2) is 33.3 Å². The van der Waals surface area contributed by atoms with Crippen LogP contribution in [0.1, 0.15) is 31.1 Å². The molecule has 23 heavy (non-hydrogen) atoms. The van der Waals surface area contributed by atoms with E-state index in [4.69, 9.17) is 4.74 Å². The Bertz CT molecular complexity index is 671. The number of aryl methyl sites for hydroxylation is 2. The number of carbonyl (C=O) groups is 1. The van der Waals surface area contributed by atoms with Crippen molar-refractivity contribution >= 4 is 5.91 Å². The number of hydrogen-bond donors (Lipinski definition) is 1. The van der Waals surface area contributed by atoms with Gasteiger partial charge < -0.3 is 10.1 Å². The summed E-state index contributed by atoms with van der Waals surface area (Å²) in [5, 5.41) is 7.30. The normalized spacial score (nSPS) is 16.0. The van der Waals surface area contributed by atoms with Gasteiger partial charge in [0.05, 0.1) is 6.54 Å². The number of carbonyl (C=O) groups excluding carboxylic acids is 1. The van der Waals surface area contributed by atoms with Crippen LogP contribution in [0.5, 0.6) is 5.75 Å². The number of amides is 1. The van der Waals surface area contributed by atoms with Crippen molar-refractivity contribution in [2.24, 2.45) is 0 Å². The number of para-hydroxylation sites is 1. The predicted molar refractivity (Wildman–Crippen MR) is 86.3 cm³/mol. The van der Waals surface area contributed by atoms with Gasteiger partial charge in [0.25, 0.3) is 0 Å². The van der Waals surface area contributed by atoms with Crippen LogP contribution in [0.3, 0.4) is 0 Å². The Labute approximate surface area is 135 Å². The van der Waals surface area contributed by atoms with Crippen LogP contribution in [0.25, 0.3) is 0 Å². The van der Waals surface area contributed by atoms with Crippen molar-refractivity contribution in [2.45, 2.75) is 45.8 Å². The van der Waals surface area contributed by atoms with Gasteiger partial charge in [-0.25, -0.2) is 9.67 Å². The van der Waals surface area contributed by atoms with Crippen LogP contribution in [-0.2, 0) is 30.6 Å². The molecule has 0 unspecified atom stereocenters. The first kappa shape index (κ1) is 15.5. The highest BCUT2D eigenvalue weighted by atomic mass is 16.5. The average Bonchev–Trinajstić information content (AvgIpc) is 3.15. The van der Waals surface area contributed by atoms with E-state index in [1.807, 2.05) is 32.0 Å². The lowest BCUT2D eigenvalue weighted by atomic mass is 10.1. The fourth-order valence-electron chi connectivity index (χ4n) is 2.75. The standard InChI is InChI=1S/C17H22N4O2/c1-3-15-19-16(4-2)21(20-15)11-17(22)18-10-13-9-12-7-5-6-8-14(12)23-13/h5-8,13H,3-4,9-11H2,1-2H3,(H,18,22)/t13-/m1/s1. The largest absolute Gasteiger partial charge is 0.488 e. The topological polar surface area (TPSA) is 69.0 Å². The van der Waals surface area contributed by atoms with Crippen molar-refractivity contribution in [2.75, 3.05) is 6.54 Å². The number of hydrogen-bond acceptors (Lipinski definition) is 4. The monoisotopic (exact) mass is 314 g/mol. The van der Waals surface area contributed by atoms with Crippen LogP contribution in [0.4, 0.5) is 0 Å². The molecule has 1 aliphatic heterocycles. The van der Waals surface area contributed by atoms with Gasteiger partial charge in [0.1, 0.15) is 24.2 Å². The minimum Gasteiger partial charge on any atom is -0.488 e. The van der Waals surface area contributed by atoms with Gasteiger partial charge in [-0.3, -0.25) is 4.79 Å². The zero-order chi connectivity index (χ0) is 16.2. The summed E-state index contributed by atoms with van der Waals surface area (Å²) >= 11 is 0. The second-order valence-corrected chi connectivity index (χ2v) is 5.66. The molecule has 6 heteroatoms. The third-order valence-electron chi connectivity index (χ3n) is 3.96. The highest BCUT2D eigenvalue weighted by Crippen LogP contribution is 2.27. The number of ether oxygens (including phenoxy) is 1. The number of fused-ring (bicyclic) bond motifs is 1. The predicted octanol–water partition coefficient (Wildman–Crippen LogP) is 1.52. The second-order valence-electron chi connectivity index (χ2n) is 5.66. The fraction of sp³-hybridized carbons (Fsp3) is 0.471. The molecule has 1 aliphatic rings. The number of benzene rings is 1. The van der Waals surface area contributed by atoms with Gasteiger partial charge in [-0.1, -0.05) is 32.0 Å². The highest BCUT2D eigenvalue weighted by Gasteiger charge is 2.22. The number of rotatable bonds is 6. The molecule has 0 saturated carbocycles. The Kier molecular flexibility index (Phi) is 4.60. The molecular weight excluding hydrogens is 292 g/mol. The molecule has 2 heterocycles. The number of aromatic nitrogens is 3. The summed E-state index contributed by atoms with van der Waals surface area (Å²) in [5.41, 5.74) is 1.20. The average molecular weight is 314 g/mol. The molecule has 6 nitrogen and oxygen atoms in total. The molecule has 0 radical (unpaired) electrons. The van der Waals surface area contributed by atoms with Crippen LogP contribution >= 0.6 is 0 Å². The Hall–Kier alpha value is -2.37. The molecule has 1 amide bonds. The van der Waals surface area contributed by atoms with Gasteiger partial charge >= 0.3 is 0 Å². The first-order valence-corrected chi connectivity index (χ1v) is 8.13. The molecule has 0 bridgehead atoms. The zero-order valence-electron chi connectivity index (χ0n) is 13.6. The van der Waals surface area contributed by atoms with E-state index in [2.05, 4.69) is 21.5 Å². The van der Waals surface area contributed by atoms with E-state index in [-0.39, 0.29) is 18.6 Å². The zero-order valence-corrected chi connectivity index (χ0v) is 13.6. The molecule has 1 atom stereocenters. The van der Waals surface area contributed by atoms with E-state index >= 15 is 0 Å². The van der Waals surface area contributed by atoms with Crippen molar-refractivity contribution in [1.82, 2.24) is 20.1 Å². The van der Waals surface area contributed by atoms with Crippen LogP contribution < -0.4 is 10.1 Å². The van der Waals surface area contributed by atoms with Crippen molar-refractivity contribution in [1.29, 1.82) is 0 Å². The lowest BCUT2D eigenvalue weighted by Gasteiger charge is -2.12. The summed E-state index contributed by atoms with van der Waals surface area (Å²) in [6.45, 7) is 4.73. The van der Waals surface area contributed by atoms with Crippen LogP contribution in [0.2, 0.25) is 0 Å². The molecule has 0 saturated heterocycles. The van der Waals surface area contributed by atoms with E-state index in [9.17, 15) is 4.79 Å². The molecule has 0 fully saturated rings.